The molecule has 2 atom stereocenters. The number of amides is 1. The number of nitrogens with zero attached hydrogens (tertiary/aromatic N) is 1. The Bertz CT molecular complexity index is 790. The number of carbonyl (C=O) groups excluding carboxylic acids is 1. The van der Waals surface area contributed by atoms with Crippen molar-refractivity contribution in [3.8, 4) is 0 Å². The summed E-state index contributed by atoms with van der Waals surface area (Å²) in [5, 5.41) is 12.3. The van der Waals surface area contributed by atoms with Crippen molar-refractivity contribution in [2.75, 3.05) is 18.4 Å². The first kappa shape index (κ1) is 17.9. The number of hydrogen-bond acceptors (Lipinski definition) is 4. The molecule has 2 fully saturated rings. The molecule has 7 nitrogen and oxygen atoms in total. The number of benzene rings is 1. The van der Waals surface area contributed by atoms with Gasteiger partial charge in [-0.1, -0.05) is 13.3 Å². The summed E-state index contributed by atoms with van der Waals surface area (Å²) in [6, 6.07) is 5.99. The van der Waals surface area contributed by atoms with Crippen molar-refractivity contribution in [2.45, 2.75) is 37.5 Å². The molecule has 0 aromatic heterocycles. The highest BCUT2D eigenvalue weighted by Gasteiger charge is 2.57. The van der Waals surface area contributed by atoms with Gasteiger partial charge < -0.3 is 10.4 Å². The topological polar surface area (TPSA) is 104 Å². The summed E-state index contributed by atoms with van der Waals surface area (Å²) in [5.41, 5.74) is -0.409. The third kappa shape index (κ3) is 3.04. The highest BCUT2D eigenvalue weighted by atomic mass is 32.2. The summed E-state index contributed by atoms with van der Waals surface area (Å²) in [7, 11) is -3.75. The van der Waals surface area contributed by atoms with Gasteiger partial charge in [-0.3, -0.25) is 9.59 Å². The van der Waals surface area contributed by atoms with E-state index in [2.05, 4.69) is 5.32 Å². The molecule has 0 radical (unpaired) electrons. The number of carboxylic acids is 1. The Kier molecular flexibility index (Phi) is 4.59. The minimum Gasteiger partial charge on any atom is -0.481 e. The Hall–Kier alpha value is -1.93. The van der Waals surface area contributed by atoms with Crippen LogP contribution in [0.5, 0.6) is 0 Å². The first-order chi connectivity index (χ1) is 11.8. The van der Waals surface area contributed by atoms with Crippen molar-refractivity contribution in [1.82, 2.24) is 4.31 Å². The lowest BCUT2D eigenvalue weighted by Gasteiger charge is -2.23. The molecule has 0 bridgehead atoms. The summed E-state index contributed by atoms with van der Waals surface area (Å²) in [6.07, 6.45) is 2.45. The van der Waals surface area contributed by atoms with Crippen molar-refractivity contribution in [1.29, 1.82) is 0 Å². The van der Waals surface area contributed by atoms with Crippen LogP contribution in [0.15, 0.2) is 29.2 Å². The fourth-order valence-electron chi connectivity index (χ4n) is 3.88. The molecule has 0 spiro atoms. The molecule has 1 saturated carbocycles. The molecule has 1 aliphatic carbocycles. The van der Waals surface area contributed by atoms with Gasteiger partial charge in [-0.2, -0.15) is 4.31 Å². The largest absolute Gasteiger partial charge is 0.481 e. The zero-order valence-corrected chi connectivity index (χ0v) is 14.9. The third-order valence-corrected chi connectivity index (χ3v) is 7.19. The number of nitrogens with one attached hydrogen (secondary N) is 1. The first-order valence-corrected chi connectivity index (χ1v) is 9.87. The van der Waals surface area contributed by atoms with Gasteiger partial charge in [0.25, 0.3) is 0 Å². The number of carboxylic acid groups (broad SMARTS) is 1. The number of anilines is 1. The summed E-state index contributed by atoms with van der Waals surface area (Å²) in [4.78, 5) is 23.2. The van der Waals surface area contributed by atoms with Gasteiger partial charge in [0.05, 0.1) is 10.3 Å². The Morgan fingerprint density at radius 3 is 2.56 bits per heavy atom. The van der Waals surface area contributed by atoms with Gasteiger partial charge in [-0.05, 0) is 43.0 Å². The van der Waals surface area contributed by atoms with Crippen molar-refractivity contribution in [3.05, 3.63) is 24.3 Å². The van der Waals surface area contributed by atoms with Crippen LogP contribution in [-0.4, -0.2) is 42.8 Å². The molecule has 2 N–H and O–H groups in total. The lowest BCUT2D eigenvalue weighted by Crippen LogP contribution is -2.37. The third-order valence-electron chi connectivity index (χ3n) is 5.36. The maximum absolute atomic E-state index is 12.9. The number of carbonyl (C=O) groups is 2. The lowest BCUT2D eigenvalue weighted by atomic mass is 9.81. The van der Waals surface area contributed by atoms with Crippen LogP contribution < -0.4 is 5.32 Å². The molecule has 2 aliphatic rings. The standard InChI is InChI=1S/C17H22N2O5S/c1-2-15(20)18-13-5-7-14(8-6-13)25(23,24)19-10-12-4-3-9-17(12,11-19)16(21)22/h5-8,12H,2-4,9-11H2,1H3,(H,18,20)(H,21,22)/t12-,17+/m0/s1. The SMILES string of the molecule is CCC(=O)Nc1ccc(S(=O)(=O)N2C[C@@H]3CCC[C@@]3(C(=O)O)C2)cc1. The normalized spacial score (nSPS) is 26.4. The van der Waals surface area contributed by atoms with E-state index in [0.29, 0.717) is 18.5 Å². The maximum atomic E-state index is 12.9. The van der Waals surface area contributed by atoms with Crippen LogP contribution in [0.25, 0.3) is 0 Å². The van der Waals surface area contributed by atoms with Crippen LogP contribution >= 0.6 is 0 Å². The van der Waals surface area contributed by atoms with Crippen LogP contribution in [0.3, 0.4) is 0 Å². The molecular weight excluding hydrogens is 344 g/mol. The quantitative estimate of drug-likeness (QED) is 0.828. The lowest BCUT2D eigenvalue weighted by molar-refractivity contribution is -0.149. The molecule has 1 aliphatic heterocycles. The summed E-state index contributed by atoms with van der Waals surface area (Å²) in [6.45, 7) is 2.02. The first-order valence-electron chi connectivity index (χ1n) is 8.43. The van der Waals surface area contributed by atoms with Gasteiger partial charge in [-0.25, -0.2) is 8.42 Å². The van der Waals surface area contributed by atoms with Gasteiger partial charge in [0, 0.05) is 25.2 Å². The van der Waals surface area contributed by atoms with E-state index in [4.69, 9.17) is 0 Å². The monoisotopic (exact) mass is 366 g/mol. The summed E-state index contributed by atoms with van der Waals surface area (Å²) >= 11 is 0. The van der Waals surface area contributed by atoms with E-state index in [0.717, 1.165) is 12.8 Å². The zero-order chi connectivity index (χ0) is 18.2. The van der Waals surface area contributed by atoms with Crippen molar-refractivity contribution >= 4 is 27.6 Å². The molecule has 1 amide bonds. The van der Waals surface area contributed by atoms with Gasteiger partial charge in [0.2, 0.25) is 15.9 Å². The predicted octanol–water partition coefficient (Wildman–Crippen LogP) is 1.91. The van der Waals surface area contributed by atoms with E-state index in [-0.39, 0.29) is 29.8 Å². The second-order valence-corrected chi connectivity index (χ2v) is 8.71. The van der Waals surface area contributed by atoms with Gasteiger partial charge in [-0.15, -0.1) is 0 Å². The number of sulfonamides is 1. The minimum atomic E-state index is -3.75. The second kappa shape index (κ2) is 6.42. The average molecular weight is 366 g/mol. The van der Waals surface area contributed by atoms with Crippen LogP contribution in [-0.2, 0) is 19.6 Å². The van der Waals surface area contributed by atoms with Crippen LogP contribution in [0, 0.1) is 11.3 Å². The van der Waals surface area contributed by atoms with E-state index in [1.54, 1.807) is 19.1 Å². The van der Waals surface area contributed by atoms with E-state index < -0.39 is 21.4 Å². The smallest absolute Gasteiger partial charge is 0.311 e. The number of aliphatic carboxylic acids is 1. The fourth-order valence-corrected chi connectivity index (χ4v) is 5.44. The molecule has 25 heavy (non-hydrogen) atoms. The van der Waals surface area contributed by atoms with Crippen LogP contribution in [0.1, 0.15) is 32.6 Å². The Balaban J connectivity index is 1.81. The Morgan fingerprint density at radius 1 is 1.32 bits per heavy atom. The molecule has 3 rings (SSSR count). The molecule has 1 heterocycles. The van der Waals surface area contributed by atoms with Crippen LogP contribution in [0.4, 0.5) is 5.69 Å². The minimum absolute atomic E-state index is 0.0314. The Morgan fingerprint density at radius 2 is 2.00 bits per heavy atom. The van der Waals surface area contributed by atoms with Crippen molar-refractivity contribution in [2.24, 2.45) is 11.3 Å². The average Bonchev–Trinajstić information content (AvgIpc) is 3.14. The Labute approximate surface area is 147 Å². The summed E-state index contributed by atoms with van der Waals surface area (Å²) < 4.78 is 27.0. The maximum Gasteiger partial charge on any atom is 0.311 e. The predicted molar refractivity (Wildman–Crippen MR) is 91.5 cm³/mol. The number of rotatable bonds is 5. The van der Waals surface area contributed by atoms with E-state index >= 15 is 0 Å². The highest BCUT2D eigenvalue weighted by molar-refractivity contribution is 7.89. The molecular formula is C17H22N2O5S. The van der Waals surface area contributed by atoms with E-state index in [1.165, 1.54) is 16.4 Å². The van der Waals surface area contributed by atoms with E-state index in [9.17, 15) is 23.1 Å². The zero-order valence-electron chi connectivity index (χ0n) is 14.1. The van der Waals surface area contributed by atoms with Crippen LogP contribution in [0.2, 0.25) is 0 Å². The highest BCUT2D eigenvalue weighted by Crippen LogP contribution is 2.50. The molecule has 1 aromatic carbocycles. The fraction of sp³-hybridized carbons (Fsp3) is 0.529. The summed E-state index contributed by atoms with van der Waals surface area (Å²) in [5.74, 6) is -1.17. The van der Waals surface area contributed by atoms with Gasteiger partial charge in [0.1, 0.15) is 0 Å². The number of hydrogen-bond donors (Lipinski definition) is 2. The molecule has 8 heteroatoms. The van der Waals surface area contributed by atoms with Crippen molar-refractivity contribution < 1.29 is 23.1 Å². The van der Waals surface area contributed by atoms with Crippen molar-refractivity contribution in [3.63, 3.8) is 0 Å². The van der Waals surface area contributed by atoms with Gasteiger partial charge >= 0.3 is 5.97 Å². The van der Waals surface area contributed by atoms with Gasteiger partial charge in [0.15, 0.2) is 0 Å². The van der Waals surface area contributed by atoms with E-state index in [1.807, 2.05) is 0 Å². The molecule has 1 saturated heterocycles. The molecule has 136 valence electrons. The molecule has 0 unspecified atom stereocenters. The molecule has 1 aromatic rings. The second-order valence-electron chi connectivity index (χ2n) is 6.77. The number of fused-ring (bicyclic) bond motifs is 1.